The van der Waals surface area contributed by atoms with Crippen molar-refractivity contribution in [3.63, 3.8) is 0 Å². The monoisotopic (exact) mass is 283 g/mol. The predicted molar refractivity (Wildman–Crippen MR) is 84.6 cm³/mol. The first-order valence-electron chi connectivity index (χ1n) is 8.18. The number of nitrogens with zero attached hydrogens (tertiary/aromatic N) is 2. The molecule has 20 heavy (non-hydrogen) atoms. The van der Waals surface area contributed by atoms with Gasteiger partial charge in [-0.25, -0.2) is 0 Å². The molecule has 0 aromatic rings. The molecule has 1 aliphatic heterocycles. The third-order valence-electron chi connectivity index (χ3n) is 4.90. The molecule has 0 radical (unpaired) electrons. The Labute approximate surface area is 124 Å². The number of carbonyl (C=O) groups is 1. The molecule has 0 aromatic heterocycles. The smallest absolute Gasteiger partial charge is 0.243 e. The van der Waals surface area contributed by atoms with Crippen molar-refractivity contribution in [3.8, 4) is 0 Å². The van der Waals surface area contributed by atoms with Crippen molar-refractivity contribution < 1.29 is 4.79 Å². The van der Waals surface area contributed by atoms with Gasteiger partial charge in [-0.3, -0.25) is 10.1 Å². The third-order valence-corrected chi connectivity index (χ3v) is 4.90. The Morgan fingerprint density at radius 1 is 1.40 bits per heavy atom. The molecule has 1 heterocycles. The number of carbonyl (C=O) groups excluding carboxylic acids is 1. The molecule has 4 nitrogen and oxygen atoms in total. The maximum absolute atomic E-state index is 12.6. The molecule has 1 amide bonds. The van der Waals surface area contributed by atoms with Crippen molar-refractivity contribution in [2.45, 2.75) is 78.0 Å². The standard InChI is InChI=1S/C16H33N3O/c1-7-10-14-17-16(5,9-3)15(20)19(14)12-11-18(6)13(4)8-2/h13-14,17H,7-12H2,1-6H3. The number of likely N-dealkylation sites (N-methyl/N-ethyl adjacent to an activating group) is 1. The summed E-state index contributed by atoms with van der Waals surface area (Å²) in [6.45, 7) is 12.5. The average Bonchev–Trinajstić information content (AvgIpc) is 2.68. The number of rotatable bonds is 8. The molecule has 1 fully saturated rings. The summed E-state index contributed by atoms with van der Waals surface area (Å²) in [5.41, 5.74) is -0.366. The van der Waals surface area contributed by atoms with Crippen LogP contribution in [0.15, 0.2) is 0 Å². The Hall–Kier alpha value is -0.610. The van der Waals surface area contributed by atoms with E-state index in [1.165, 1.54) is 0 Å². The second-order valence-electron chi connectivity index (χ2n) is 6.37. The molecule has 0 aliphatic carbocycles. The van der Waals surface area contributed by atoms with Crippen LogP contribution in [0.5, 0.6) is 0 Å². The van der Waals surface area contributed by atoms with Crippen LogP contribution in [0.25, 0.3) is 0 Å². The van der Waals surface area contributed by atoms with Gasteiger partial charge in [0.15, 0.2) is 0 Å². The highest BCUT2D eigenvalue weighted by atomic mass is 16.2. The van der Waals surface area contributed by atoms with Gasteiger partial charge in [0.05, 0.1) is 11.7 Å². The molecular weight excluding hydrogens is 250 g/mol. The lowest BCUT2D eigenvalue weighted by atomic mass is 9.99. The number of amides is 1. The van der Waals surface area contributed by atoms with Crippen LogP contribution in [0.4, 0.5) is 0 Å². The second kappa shape index (κ2) is 7.41. The summed E-state index contributed by atoms with van der Waals surface area (Å²) in [5, 5.41) is 3.54. The van der Waals surface area contributed by atoms with E-state index in [1.807, 2.05) is 6.92 Å². The molecule has 4 heteroatoms. The van der Waals surface area contributed by atoms with E-state index >= 15 is 0 Å². The van der Waals surface area contributed by atoms with Crippen LogP contribution in [-0.2, 0) is 4.79 Å². The first-order valence-corrected chi connectivity index (χ1v) is 8.18. The lowest BCUT2D eigenvalue weighted by molar-refractivity contribution is -0.133. The maximum atomic E-state index is 12.6. The van der Waals surface area contributed by atoms with Crippen LogP contribution in [0.1, 0.15) is 60.3 Å². The van der Waals surface area contributed by atoms with Crippen molar-refractivity contribution in [1.29, 1.82) is 0 Å². The van der Waals surface area contributed by atoms with Crippen molar-refractivity contribution in [2.75, 3.05) is 20.1 Å². The lowest BCUT2D eigenvalue weighted by Gasteiger charge is -2.29. The molecular formula is C16H33N3O. The molecule has 3 unspecified atom stereocenters. The van der Waals surface area contributed by atoms with E-state index in [2.05, 4.69) is 49.9 Å². The second-order valence-corrected chi connectivity index (χ2v) is 6.37. The Morgan fingerprint density at radius 3 is 2.55 bits per heavy atom. The Bertz CT molecular complexity index is 321. The molecule has 0 spiro atoms. The summed E-state index contributed by atoms with van der Waals surface area (Å²) in [6.07, 6.45) is 4.34. The SMILES string of the molecule is CCCC1NC(C)(CC)C(=O)N1CCN(C)C(C)CC. The Balaban J connectivity index is 2.67. The van der Waals surface area contributed by atoms with E-state index < -0.39 is 0 Å². The zero-order valence-electron chi connectivity index (χ0n) is 14.2. The summed E-state index contributed by atoms with van der Waals surface area (Å²) in [4.78, 5) is 17.0. The minimum atomic E-state index is -0.366. The highest BCUT2D eigenvalue weighted by molar-refractivity contribution is 5.88. The van der Waals surface area contributed by atoms with Gasteiger partial charge in [-0.1, -0.05) is 27.2 Å². The van der Waals surface area contributed by atoms with Crippen LogP contribution >= 0.6 is 0 Å². The molecule has 1 saturated heterocycles. The average molecular weight is 283 g/mol. The highest BCUT2D eigenvalue weighted by Gasteiger charge is 2.45. The fourth-order valence-electron chi connectivity index (χ4n) is 2.78. The topological polar surface area (TPSA) is 35.6 Å². The van der Waals surface area contributed by atoms with Gasteiger partial charge in [0.2, 0.25) is 5.91 Å². The minimum absolute atomic E-state index is 0.211. The predicted octanol–water partition coefficient (Wildman–Crippen LogP) is 2.44. The van der Waals surface area contributed by atoms with Gasteiger partial charge in [-0.15, -0.1) is 0 Å². The van der Waals surface area contributed by atoms with Crippen LogP contribution in [0, 0.1) is 0 Å². The fraction of sp³-hybridized carbons (Fsp3) is 0.938. The summed E-state index contributed by atoms with van der Waals surface area (Å²) in [7, 11) is 2.15. The first kappa shape index (κ1) is 17.4. The van der Waals surface area contributed by atoms with E-state index in [1.54, 1.807) is 0 Å². The molecule has 0 bridgehead atoms. The summed E-state index contributed by atoms with van der Waals surface area (Å²) in [5.74, 6) is 0.274. The first-order chi connectivity index (χ1) is 9.39. The molecule has 1 rings (SSSR count). The number of hydrogen-bond donors (Lipinski definition) is 1. The lowest BCUT2D eigenvalue weighted by Crippen LogP contribution is -2.44. The Kier molecular flexibility index (Phi) is 6.46. The van der Waals surface area contributed by atoms with Gasteiger partial charge >= 0.3 is 0 Å². The van der Waals surface area contributed by atoms with E-state index in [9.17, 15) is 4.79 Å². The largest absolute Gasteiger partial charge is 0.324 e. The van der Waals surface area contributed by atoms with Crippen LogP contribution in [0.3, 0.4) is 0 Å². The van der Waals surface area contributed by atoms with Crippen molar-refractivity contribution in [1.82, 2.24) is 15.1 Å². The highest BCUT2D eigenvalue weighted by Crippen LogP contribution is 2.25. The quantitative estimate of drug-likeness (QED) is 0.743. The van der Waals surface area contributed by atoms with Crippen molar-refractivity contribution in [2.24, 2.45) is 0 Å². The van der Waals surface area contributed by atoms with E-state index in [4.69, 9.17) is 0 Å². The van der Waals surface area contributed by atoms with Crippen molar-refractivity contribution in [3.05, 3.63) is 0 Å². The number of nitrogens with one attached hydrogen (secondary N) is 1. The Morgan fingerprint density at radius 2 is 2.05 bits per heavy atom. The van der Waals surface area contributed by atoms with E-state index in [0.717, 1.165) is 38.8 Å². The minimum Gasteiger partial charge on any atom is -0.324 e. The molecule has 1 N–H and O–H groups in total. The maximum Gasteiger partial charge on any atom is 0.243 e. The van der Waals surface area contributed by atoms with E-state index in [0.29, 0.717) is 6.04 Å². The molecule has 3 atom stereocenters. The van der Waals surface area contributed by atoms with Gasteiger partial charge in [0.1, 0.15) is 0 Å². The van der Waals surface area contributed by atoms with Crippen LogP contribution in [-0.4, -0.2) is 53.6 Å². The molecule has 0 aromatic carbocycles. The number of hydrogen-bond acceptors (Lipinski definition) is 3. The van der Waals surface area contributed by atoms with Gasteiger partial charge < -0.3 is 9.80 Å². The summed E-state index contributed by atoms with van der Waals surface area (Å²) in [6, 6.07) is 0.572. The summed E-state index contributed by atoms with van der Waals surface area (Å²) < 4.78 is 0. The fourth-order valence-corrected chi connectivity index (χ4v) is 2.78. The zero-order valence-corrected chi connectivity index (χ0v) is 14.2. The molecule has 1 aliphatic rings. The van der Waals surface area contributed by atoms with Gasteiger partial charge in [0, 0.05) is 19.1 Å². The summed E-state index contributed by atoms with van der Waals surface area (Å²) >= 11 is 0. The normalized spacial score (nSPS) is 28.4. The van der Waals surface area contributed by atoms with Crippen LogP contribution < -0.4 is 5.32 Å². The van der Waals surface area contributed by atoms with E-state index in [-0.39, 0.29) is 17.6 Å². The molecule has 118 valence electrons. The van der Waals surface area contributed by atoms with Crippen molar-refractivity contribution >= 4 is 5.91 Å². The zero-order chi connectivity index (χ0) is 15.3. The van der Waals surface area contributed by atoms with Crippen LogP contribution in [0.2, 0.25) is 0 Å². The third kappa shape index (κ3) is 3.73. The van der Waals surface area contributed by atoms with Gasteiger partial charge in [-0.2, -0.15) is 0 Å². The van der Waals surface area contributed by atoms with Gasteiger partial charge in [-0.05, 0) is 40.2 Å². The molecule has 0 saturated carbocycles. The van der Waals surface area contributed by atoms with Gasteiger partial charge in [0.25, 0.3) is 0 Å².